The first-order valence-corrected chi connectivity index (χ1v) is 8.13. The van der Waals surface area contributed by atoms with Crippen molar-refractivity contribution in [2.24, 2.45) is 7.05 Å². The summed E-state index contributed by atoms with van der Waals surface area (Å²) >= 11 is 0. The van der Waals surface area contributed by atoms with Crippen LogP contribution in [-0.2, 0) is 7.05 Å². The van der Waals surface area contributed by atoms with Gasteiger partial charge in [-0.25, -0.2) is 15.0 Å². The number of aromatic nitrogens is 4. The first-order valence-electron chi connectivity index (χ1n) is 8.13. The Labute approximate surface area is 140 Å². The fourth-order valence-corrected chi connectivity index (χ4v) is 2.90. The maximum absolute atomic E-state index is 4.63. The summed E-state index contributed by atoms with van der Waals surface area (Å²) in [5.41, 5.74) is 6.47. The fraction of sp³-hybridized carbons (Fsp3) is 0.353. The zero-order valence-corrected chi connectivity index (χ0v) is 14.0. The monoisotopic (exact) mass is 323 g/mol. The molecule has 1 aromatic carbocycles. The van der Waals surface area contributed by atoms with Crippen LogP contribution in [0.4, 0.5) is 5.95 Å². The molecule has 3 aromatic rings. The molecule has 7 nitrogen and oxygen atoms in total. The summed E-state index contributed by atoms with van der Waals surface area (Å²) < 4.78 is 1.80. The molecule has 0 aliphatic carbocycles. The van der Waals surface area contributed by atoms with Crippen molar-refractivity contribution in [3.8, 4) is 11.1 Å². The minimum atomic E-state index is 0.654. The van der Waals surface area contributed by atoms with E-state index >= 15 is 0 Å². The first-order chi connectivity index (χ1) is 11.7. The van der Waals surface area contributed by atoms with Crippen LogP contribution >= 0.6 is 0 Å². The molecular formula is C17H21N7. The highest BCUT2D eigenvalue weighted by Gasteiger charge is 2.14. The molecule has 1 saturated heterocycles. The average Bonchev–Trinajstić information content (AvgIpc) is 3.03. The summed E-state index contributed by atoms with van der Waals surface area (Å²) in [4.78, 5) is 11.4. The third-order valence-corrected chi connectivity index (χ3v) is 4.38. The first kappa shape index (κ1) is 15.0. The average molecular weight is 323 g/mol. The molecule has 3 heterocycles. The van der Waals surface area contributed by atoms with Crippen molar-refractivity contribution >= 4 is 16.9 Å². The number of fused-ring (bicyclic) bond motifs is 1. The van der Waals surface area contributed by atoms with Crippen LogP contribution in [0.3, 0.4) is 0 Å². The number of hydrazine groups is 1. The number of anilines is 1. The van der Waals surface area contributed by atoms with Crippen LogP contribution in [0.1, 0.15) is 0 Å². The van der Waals surface area contributed by atoms with Crippen LogP contribution in [0.25, 0.3) is 22.0 Å². The van der Waals surface area contributed by atoms with Crippen LogP contribution in [0, 0.1) is 0 Å². The van der Waals surface area contributed by atoms with Gasteiger partial charge in [0.15, 0.2) is 0 Å². The topological polar surface area (TPSA) is 62.1 Å². The van der Waals surface area contributed by atoms with Gasteiger partial charge in [0, 0.05) is 56.6 Å². The minimum absolute atomic E-state index is 0.654. The lowest BCUT2D eigenvalue weighted by Gasteiger charge is -2.32. The predicted molar refractivity (Wildman–Crippen MR) is 94.4 cm³/mol. The summed E-state index contributed by atoms with van der Waals surface area (Å²) in [6.07, 6.45) is 5.75. The van der Waals surface area contributed by atoms with Crippen molar-refractivity contribution in [3.05, 3.63) is 36.8 Å². The molecule has 0 atom stereocenters. The number of likely N-dealkylation sites (N-methyl/N-ethyl adjacent to an activating group) is 1. The normalized spacial score (nSPS) is 16.6. The molecule has 4 rings (SSSR count). The van der Waals surface area contributed by atoms with Crippen molar-refractivity contribution in [2.45, 2.75) is 0 Å². The molecule has 7 heteroatoms. The van der Waals surface area contributed by atoms with Crippen molar-refractivity contribution < 1.29 is 0 Å². The number of piperazine rings is 1. The van der Waals surface area contributed by atoms with Gasteiger partial charge in [-0.3, -0.25) is 10.1 Å². The second kappa shape index (κ2) is 6.18. The Morgan fingerprint density at radius 3 is 2.58 bits per heavy atom. The van der Waals surface area contributed by atoms with Gasteiger partial charge in [-0.15, -0.1) is 0 Å². The molecule has 1 aliphatic heterocycles. The zero-order chi connectivity index (χ0) is 16.5. The molecule has 0 spiro atoms. The van der Waals surface area contributed by atoms with E-state index in [0.717, 1.165) is 48.2 Å². The van der Waals surface area contributed by atoms with Gasteiger partial charge in [-0.1, -0.05) is 6.07 Å². The van der Waals surface area contributed by atoms with E-state index in [4.69, 9.17) is 0 Å². The fourth-order valence-electron chi connectivity index (χ4n) is 2.90. The number of nitrogens with zero attached hydrogens (tertiary/aromatic N) is 6. The third-order valence-electron chi connectivity index (χ3n) is 4.38. The molecule has 0 bridgehead atoms. The Morgan fingerprint density at radius 2 is 1.83 bits per heavy atom. The van der Waals surface area contributed by atoms with E-state index in [0.29, 0.717) is 5.95 Å². The van der Waals surface area contributed by atoms with E-state index in [2.05, 4.69) is 49.6 Å². The van der Waals surface area contributed by atoms with E-state index in [1.165, 1.54) is 0 Å². The molecule has 2 aromatic heterocycles. The van der Waals surface area contributed by atoms with Crippen molar-refractivity contribution in [2.75, 3.05) is 38.7 Å². The Kier molecular flexibility index (Phi) is 3.87. The Morgan fingerprint density at radius 1 is 1.00 bits per heavy atom. The van der Waals surface area contributed by atoms with Gasteiger partial charge < -0.3 is 4.90 Å². The van der Waals surface area contributed by atoms with Crippen molar-refractivity contribution in [3.63, 3.8) is 0 Å². The van der Waals surface area contributed by atoms with Crippen LogP contribution in [-0.4, -0.2) is 62.9 Å². The SMILES string of the molecule is CN1CCN(Nc2ncc3cc(-c4cnn(C)c4)ccc3n2)CC1. The van der Waals surface area contributed by atoms with Crippen LogP contribution in [0.2, 0.25) is 0 Å². The summed E-state index contributed by atoms with van der Waals surface area (Å²) in [6.45, 7) is 4.04. The second-order valence-corrected chi connectivity index (χ2v) is 6.27. The summed E-state index contributed by atoms with van der Waals surface area (Å²) in [5, 5.41) is 7.42. The molecule has 1 aliphatic rings. The number of aryl methyl sites for hydroxylation is 1. The molecule has 124 valence electrons. The predicted octanol–water partition coefficient (Wildman–Crippen LogP) is 1.60. The second-order valence-electron chi connectivity index (χ2n) is 6.27. The highest BCUT2D eigenvalue weighted by atomic mass is 15.5. The molecule has 0 unspecified atom stereocenters. The van der Waals surface area contributed by atoms with Crippen LogP contribution in [0.5, 0.6) is 0 Å². The maximum Gasteiger partial charge on any atom is 0.238 e. The molecule has 1 N–H and O–H groups in total. The molecular weight excluding hydrogens is 302 g/mol. The van der Waals surface area contributed by atoms with Gasteiger partial charge in [-0.05, 0) is 24.7 Å². The van der Waals surface area contributed by atoms with Crippen molar-refractivity contribution in [1.29, 1.82) is 0 Å². The Bertz CT molecular complexity index is 849. The molecule has 24 heavy (non-hydrogen) atoms. The maximum atomic E-state index is 4.63. The summed E-state index contributed by atoms with van der Waals surface area (Å²) in [5.74, 6) is 0.654. The molecule has 0 saturated carbocycles. The number of benzene rings is 1. The lowest BCUT2D eigenvalue weighted by molar-refractivity contribution is 0.178. The third kappa shape index (κ3) is 3.08. The Hall–Kier alpha value is -2.51. The Balaban J connectivity index is 1.55. The van der Waals surface area contributed by atoms with E-state index in [1.807, 2.05) is 31.7 Å². The minimum Gasteiger partial charge on any atom is -0.304 e. The van der Waals surface area contributed by atoms with Gasteiger partial charge in [-0.2, -0.15) is 5.10 Å². The van der Waals surface area contributed by atoms with Gasteiger partial charge in [0.05, 0.1) is 11.7 Å². The summed E-state index contributed by atoms with van der Waals surface area (Å²) in [6, 6.07) is 6.21. The number of rotatable bonds is 3. The lowest BCUT2D eigenvalue weighted by Crippen LogP contribution is -2.47. The van der Waals surface area contributed by atoms with Crippen molar-refractivity contribution in [1.82, 2.24) is 29.7 Å². The standard InChI is InChI=1S/C17H21N7/c1-22-5-7-24(8-6-22)21-17-18-10-14-9-13(3-4-16(14)20-17)15-11-19-23(2)12-15/h3-4,9-12H,5-8H2,1-2H3,(H,18,20,21). The largest absolute Gasteiger partial charge is 0.304 e. The summed E-state index contributed by atoms with van der Waals surface area (Å²) in [7, 11) is 4.06. The quantitative estimate of drug-likeness (QED) is 0.790. The van der Waals surface area contributed by atoms with Gasteiger partial charge in [0.25, 0.3) is 0 Å². The molecule has 1 fully saturated rings. The van der Waals surface area contributed by atoms with E-state index in [-0.39, 0.29) is 0 Å². The van der Waals surface area contributed by atoms with E-state index in [1.54, 1.807) is 4.68 Å². The van der Waals surface area contributed by atoms with Crippen LogP contribution in [0.15, 0.2) is 36.8 Å². The number of hydrogen-bond donors (Lipinski definition) is 1. The number of nitrogens with one attached hydrogen (secondary N) is 1. The van der Waals surface area contributed by atoms with Gasteiger partial charge in [0.2, 0.25) is 5.95 Å². The van der Waals surface area contributed by atoms with Gasteiger partial charge in [0.1, 0.15) is 0 Å². The zero-order valence-electron chi connectivity index (χ0n) is 14.0. The highest BCUT2D eigenvalue weighted by molar-refractivity contribution is 5.84. The highest BCUT2D eigenvalue weighted by Crippen LogP contribution is 2.23. The molecule has 0 radical (unpaired) electrons. The number of hydrogen-bond acceptors (Lipinski definition) is 6. The van der Waals surface area contributed by atoms with Crippen LogP contribution < -0.4 is 5.43 Å². The van der Waals surface area contributed by atoms with E-state index < -0.39 is 0 Å². The molecule has 0 amide bonds. The smallest absolute Gasteiger partial charge is 0.238 e. The lowest BCUT2D eigenvalue weighted by atomic mass is 10.1. The van der Waals surface area contributed by atoms with E-state index in [9.17, 15) is 0 Å². The van der Waals surface area contributed by atoms with Gasteiger partial charge >= 0.3 is 0 Å².